The van der Waals surface area contributed by atoms with Gasteiger partial charge in [0, 0.05) is 154 Å². The van der Waals surface area contributed by atoms with Crippen LogP contribution in [0.5, 0.6) is 0 Å². The van der Waals surface area contributed by atoms with Gasteiger partial charge in [0.15, 0.2) is 0 Å². The van der Waals surface area contributed by atoms with Crippen LogP contribution >= 0.6 is 28.8 Å². The topological polar surface area (TPSA) is 0 Å². The van der Waals surface area contributed by atoms with E-state index in [1.165, 1.54) is 0 Å². The maximum atomic E-state index is 4.97. The molecule has 0 atom stereocenters. The Bertz CT molecular complexity index is 14.9. The van der Waals surface area contributed by atoms with E-state index in [0.29, 0.717) is 0 Å². The van der Waals surface area contributed by atoms with Gasteiger partial charge in [-0.25, -0.2) is 0 Å². The third kappa shape index (κ3) is 32.7. The largest absolute Gasteiger partial charge is 0 e. The summed E-state index contributed by atoms with van der Waals surface area (Å²) in [6, 6.07) is 0. The zero-order valence-corrected chi connectivity index (χ0v) is 18.5. The Kier molecular flexibility index (Phi) is 60.9. The molecule has 0 bridgehead atoms. The Labute approximate surface area is 189 Å². The summed E-state index contributed by atoms with van der Waals surface area (Å²) in [5, 5.41) is 0. The quantitative estimate of drug-likeness (QED) is 0.516. The van der Waals surface area contributed by atoms with Crippen LogP contribution in [0.2, 0.25) is 0 Å². The van der Waals surface area contributed by atoms with Gasteiger partial charge in [0.2, 0.25) is 0 Å². The van der Waals surface area contributed by atoms with Crippen molar-refractivity contribution in [1.29, 1.82) is 0 Å². The fourth-order valence-corrected chi connectivity index (χ4v) is 0. The molecule has 3 radical (unpaired) electrons. The maximum Gasteiger partial charge on any atom is 0 e. The van der Waals surface area contributed by atoms with E-state index in [1.54, 1.807) is 0 Å². The SMILES string of the molecule is [Cl][Ir]([Cl])[Cl].[K].[K].[K]. The minimum atomic E-state index is -1.92. The molecule has 0 unspecified atom stereocenters. The third-order valence-electron chi connectivity index (χ3n) is 0. The van der Waals surface area contributed by atoms with Gasteiger partial charge in [0.1, 0.15) is 0 Å². The van der Waals surface area contributed by atoms with Gasteiger partial charge < -0.3 is 0 Å². The molecule has 0 nitrogen and oxygen atoms in total. The predicted molar refractivity (Wildman–Crippen MR) is 34.8 cm³/mol. The summed E-state index contributed by atoms with van der Waals surface area (Å²) in [5.41, 5.74) is 0. The normalized spacial score (nSPS) is 6.43. The summed E-state index contributed by atoms with van der Waals surface area (Å²) >= 11 is -1.92. The Morgan fingerprint density at radius 1 is 0.714 bits per heavy atom. The van der Waals surface area contributed by atoms with Crippen LogP contribution < -0.4 is 0 Å². The van der Waals surface area contributed by atoms with E-state index in [9.17, 15) is 0 Å². The summed E-state index contributed by atoms with van der Waals surface area (Å²) in [7, 11) is 14.9. The Hall–Kier alpha value is 6.43. The van der Waals surface area contributed by atoms with Crippen molar-refractivity contribution in [3.63, 3.8) is 0 Å². The van der Waals surface area contributed by atoms with Crippen LogP contribution in [0.4, 0.5) is 0 Å². The van der Waals surface area contributed by atoms with Crippen molar-refractivity contribution < 1.29 is 13.5 Å². The fraction of sp³-hybridized carbons (Fsp3) is 0. The van der Waals surface area contributed by atoms with Gasteiger partial charge >= 0.3 is 42.2 Å². The van der Waals surface area contributed by atoms with Crippen molar-refractivity contribution in [3.05, 3.63) is 0 Å². The third-order valence-corrected chi connectivity index (χ3v) is 0. The first-order valence-corrected chi connectivity index (χ1v) is 9.28. The van der Waals surface area contributed by atoms with E-state index in [1.807, 2.05) is 0 Å². The molecule has 0 aliphatic carbocycles. The van der Waals surface area contributed by atoms with Crippen LogP contribution in [0, 0.1) is 0 Å². The summed E-state index contributed by atoms with van der Waals surface area (Å²) in [5.74, 6) is 0. The second-order valence-corrected chi connectivity index (χ2v) is 10.5. The van der Waals surface area contributed by atoms with Crippen molar-refractivity contribution in [3.8, 4) is 0 Å². The summed E-state index contributed by atoms with van der Waals surface area (Å²) < 4.78 is 0. The Morgan fingerprint density at radius 3 is 0.714 bits per heavy atom. The van der Waals surface area contributed by atoms with Crippen molar-refractivity contribution >= 4 is 183 Å². The molecule has 0 amide bonds. The first-order valence-electron chi connectivity index (χ1n) is 0.378. The molecular weight excluding hydrogens is 416 g/mol. The van der Waals surface area contributed by atoms with Gasteiger partial charge in [-0.05, 0) is 0 Å². The van der Waals surface area contributed by atoms with Crippen molar-refractivity contribution in [2.75, 3.05) is 0 Å². The molecule has 0 aliphatic rings. The van der Waals surface area contributed by atoms with Crippen molar-refractivity contribution in [2.45, 2.75) is 0 Å². The molecule has 0 fully saturated rings. The fourth-order valence-electron chi connectivity index (χ4n) is 0. The van der Waals surface area contributed by atoms with Crippen LogP contribution in [-0.2, 0) is 13.5 Å². The second-order valence-electron chi connectivity index (χ2n) is 0.143. The van der Waals surface area contributed by atoms with Gasteiger partial charge in [-0.15, -0.1) is 0 Å². The van der Waals surface area contributed by atoms with Gasteiger partial charge in [-0.2, -0.15) is 0 Å². The van der Waals surface area contributed by atoms with E-state index in [4.69, 9.17) is 28.8 Å². The number of halogens is 3. The molecule has 0 heterocycles. The molecule has 0 rings (SSSR count). The van der Waals surface area contributed by atoms with Crippen LogP contribution in [0.1, 0.15) is 0 Å². The maximum absolute atomic E-state index is 4.97. The van der Waals surface area contributed by atoms with Crippen LogP contribution in [0.15, 0.2) is 0 Å². The summed E-state index contributed by atoms with van der Waals surface area (Å²) in [6.45, 7) is 0. The molecule has 0 aliphatic heterocycles. The Balaban J connectivity index is -0.0000000150. The minimum Gasteiger partial charge on any atom is 0 e. The minimum absolute atomic E-state index is 0. The van der Waals surface area contributed by atoms with Crippen LogP contribution in [0.25, 0.3) is 0 Å². The first-order chi connectivity index (χ1) is 1.73. The molecule has 7 heavy (non-hydrogen) atoms. The molecule has 33 valence electrons. The molecule has 0 aromatic rings. The van der Waals surface area contributed by atoms with E-state index >= 15 is 0 Å². The molecule has 0 aromatic heterocycles. The second kappa shape index (κ2) is 18.3. The van der Waals surface area contributed by atoms with E-state index in [-0.39, 0.29) is 154 Å². The summed E-state index contributed by atoms with van der Waals surface area (Å²) in [6.07, 6.45) is 0. The Morgan fingerprint density at radius 2 is 0.714 bits per heavy atom. The standard InChI is InChI=1S/3ClH.Ir.3K/h3*1H;;;;/q;;;+3;;;/p-3. The van der Waals surface area contributed by atoms with Crippen LogP contribution in [0.3, 0.4) is 0 Å². The van der Waals surface area contributed by atoms with Gasteiger partial charge in [0.25, 0.3) is 0 Å². The number of rotatable bonds is 0. The molecule has 0 spiro atoms. The van der Waals surface area contributed by atoms with E-state index in [2.05, 4.69) is 0 Å². The van der Waals surface area contributed by atoms with Crippen molar-refractivity contribution in [1.82, 2.24) is 0 Å². The smallest absolute Gasteiger partial charge is 0 e. The summed E-state index contributed by atoms with van der Waals surface area (Å²) in [4.78, 5) is 0. The predicted octanol–water partition coefficient (Wildman–Crippen LogP) is 0.924. The monoisotopic (exact) mass is 415 g/mol. The zero-order chi connectivity index (χ0) is 3.58. The molecular formula is Cl3IrK3. The molecule has 0 N–H and O–H groups in total. The molecule has 0 saturated carbocycles. The number of hydrogen-bond acceptors (Lipinski definition) is 0. The first kappa shape index (κ1) is 23.3. The molecule has 0 aromatic carbocycles. The number of hydrogen-bond donors (Lipinski definition) is 0. The molecule has 7 heteroatoms. The molecule has 0 saturated heterocycles. The average molecular weight is 416 g/mol. The average Bonchev–Trinajstić information content (AvgIpc) is 0.811. The zero-order valence-electron chi connectivity index (χ0n) is 4.47. The van der Waals surface area contributed by atoms with E-state index in [0.717, 1.165) is 0 Å². The van der Waals surface area contributed by atoms with E-state index < -0.39 is 13.5 Å². The van der Waals surface area contributed by atoms with Gasteiger partial charge in [-0.3, -0.25) is 0 Å². The van der Waals surface area contributed by atoms with Gasteiger partial charge in [-0.1, -0.05) is 0 Å². The van der Waals surface area contributed by atoms with Crippen LogP contribution in [-0.4, -0.2) is 154 Å². The van der Waals surface area contributed by atoms with Crippen molar-refractivity contribution in [2.24, 2.45) is 0 Å². The van der Waals surface area contributed by atoms with Gasteiger partial charge in [0.05, 0.1) is 0 Å².